The van der Waals surface area contributed by atoms with Crippen molar-refractivity contribution in [1.82, 2.24) is 5.32 Å². The van der Waals surface area contributed by atoms with Gasteiger partial charge < -0.3 is 15.4 Å². The quantitative estimate of drug-likeness (QED) is 0.549. The van der Waals surface area contributed by atoms with Gasteiger partial charge >= 0.3 is 5.69 Å². The molecule has 0 heterocycles. The second kappa shape index (κ2) is 8.43. The Bertz CT molecular complexity index is 869. The van der Waals surface area contributed by atoms with Crippen LogP contribution < -0.4 is 15.4 Å². The molecular weight excluding hydrogens is 406 g/mol. The van der Waals surface area contributed by atoms with Crippen LogP contribution in [-0.2, 0) is 4.79 Å². The van der Waals surface area contributed by atoms with Crippen LogP contribution in [0.1, 0.15) is 15.9 Å². The molecule has 2 N–H and O–H groups in total. The second-order valence-electron chi connectivity index (χ2n) is 5.33. The average molecular weight is 422 g/mol. The highest BCUT2D eigenvalue weighted by molar-refractivity contribution is 9.10. The Labute approximate surface area is 157 Å². The first-order valence-corrected chi connectivity index (χ1v) is 8.27. The molecule has 2 aromatic carbocycles. The standard InChI is InChI=1S/C17H16BrN3O5/c1-10-7-12(18)4-5-13(10)20-16(22)9-19-17(23)11-3-6-15(26-2)14(8-11)21(24)25/h3-8H,9H2,1-2H3,(H,19,23)(H,20,22). The third kappa shape index (κ3) is 4.79. The molecule has 0 saturated heterocycles. The van der Waals surface area contributed by atoms with E-state index in [2.05, 4.69) is 26.6 Å². The van der Waals surface area contributed by atoms with Gasteiger partial charge in [0.1, 0.15) is 0 Å². The van der Waals surface area contributed by atoms with E-state index in [4.69, 9.17) is 4.74 Å². The number of carbonyl (C=O) groups excluding carboxylic acids is 2. The van der Waals surface area contributed by atoms with Gasteiger partial charge in [0.25, 0.3) is 5.91 Å². The van der Waals surface area contributed by atoms with Gasteiger partial charge in [0.05, 0.1) is 18.6 Å². The van der Waals surface area contributed by atoms with Crippen molar-refractivity contribution >= 4 is 39.1 Å². The van der Waals surface area contributed by atoms with Crippen molar-refractivity contribution in [3.8, 4) is 5.75 Å². The molecule has 8 nitrogen and oxygen atoms in total. The van der Waals surface area contributed by atoms with Crippen LogP contribution >= 0.6 is 15.9 Å². The molecule has 26 heavy (non-hydrogen) atoms. The molecule has 0 fully saturated rings. The normalized spacial score (nSPS) is 10.1. The molecule has 136 valence electrons. The molecule has 2 rings (SSSR count). The minimum Gasteiger partial charge on any atom is -0.490 e. The SMILES string of the molecule is COc1ccc(C(=O)NCC(=O)Nc2ccc(Br)cc2C)cc1[N+](=O)[O-]. The van der Waals surface area contributed by atoms with E-state index >= 15 is 0 Å². The average Bonchev–Trinajstić information content (AvgIpc) is 2.61. The Morgan fingerprint density at radius 3 is 2.58 bits per heavy atom. The Hall–Kier alpha value is -2.94. The number of nitrogens with zero attached hydrogens (tertiary/aromatic N) is 1. The number of anilines is 1. The number of aryl methyl sites for hydroxylation is 1. The van der Waals surface area contributed by atoms with Gasteiger partial charge in [-0.15, -0.1) is 0 Å². The second-order valence-corrected chi connectivity index (χ2v) is 6.25. The number of methoxy groups -OCH3 is 1. The smallest absolute Gasteiger partial charge is 0.311 e. The van der Waals surface area contributed by atoms with Crippen molar-refractivity contribution in [2.45, 2.75) is 6.92 Å². The highest BCUT2D eigenvalue weighted by Crippen LogP contribution is 2.27. The zero-order chi connectivity index (χ0) is 19.3. The molecule has 0 atom stereocenters. The zero-order valence-electron chi connectivity index (χ0n) is 14.0. The van der Waals surface area contributed by atoms with E-state index in [0.29, 0.717) is 5.69 Å². The topological polar surface area (TPSA) is 111 Å². The Kier molecular flexibility index (Phi) is 6.29. The molecule has 2 aromatic rings. The highest BCUT2D eigenvalue weighted by Gasteiger charge is 2.18. The van der Waals surface area contributed by atoms with Crippen LogP contribution in [0.5, 0.6) is 5.75 Å². The van der Waals surface area contributed by atoms with Crippen molar-refractivity contribution in [2.75, 3.05) is 19.0 Å². The third-order valence-corrected chi connectivity index (χ3v) is 4.00. The maximum Gasteiger partial charge on any atom is 0.311 e. The number of halogens is 1. The monoisotopic (exact) mass is 421 g/mol. The number of nitro groups is 1. The van der Waals surface area contributed by atoms with Crippen molar-refractivity contribution in [3.63, 3.8) is 0 Å². The number of hydrogen-bond acceptors (Lipinski definition) is 5. The molecule has 0 aliphatic carbocycles. The lowest BCUT2D eigenvalue weighted by Crippen LogP contribution is -2.33. The van der Waals surface area contributed by atoms with Crippen molar-refractivity contribution in [3.05, 3.63) is 62.1 Å². The van der Waals surface area contributed by atoms with E-state index in [0.717, 1.165) is 16.1 Å². The first-order chi connectivity index (χ1) is 12.3. The van der Waals surface area contributed by atoms with E-state index in [1.54, 1.807) is 12.1 Å². The number of carbonyl (C=O) groups is 2. The van der Waals surface area contributed by atoms with Gasteiger partial charge in [0.15, 0.2) is 5.75 Å². The molecule has 0 bridgehead atoms. The summed E-state index contributed by atoms with van der Waals surface area (Å²) in [5, 5.41) is 16.1. The summed E-state index contributed by atoms with van der Waals surface area (Å²) >= 11 is 3.34. The van der Waals surface area contributed by atoms with Crippen LogP contribution in [-0.4, -0.2) is 30.4 Å². The van der Waals surface area contributed by atoms with E-state index in [1.807, 2.05) is 13.0 Å². The summed E-state index contributed by atoms with van der Waals surface area (Å²) in [5.74, 6) is -0.958. The Morgan fingerprint density at radius 1 is 1.23 bits per heavy atom. The minimum atomic E-state index is -0.640. The molecule has 0 aliphatic heterocycles. The van der Waals surface area contributed by atoms with E-state index < -0.39 is 16.7 Å². The van der Waals surface area contributed by atoms with Crippen molar-refractivity contribution in [2.24, 2.45) is 0 Å². The van der Waals surface area contributed by atoms with Crippen LogP contribution in [0.25, 0.3) is 0 Å². The van der Waals surface area contributed by atoms with Gasteiger partial charge in [-0.1, -0.05) is 15.9 Å². The van der Waals surface area contributed by atoms with Crippen LogP contribution in [0.3, 0.4) is 0 Å². The number of nitrogens with one attached hydrogen (secondary N) is 2. The van der Waals surface area contributed by atoms with E-state index in [9.17, 15) is 19.7 Å². The summed E-state index contributed by atoms with van der Waals surface area (Å²) in [5.41, 5.74) is 1.23. The number of rotatable bonds is 6. The molecule has 0 unspecified atom stereocenters. The predicted octanol–water partition coefficient (Wildman–Crippen LogP) is 3.04. The van der Waals surface area contributed by atoms with E-state index in [-0.39, 0.29) is 23.5 Å². The third-order valence-electron chi connectivity index (χ3n) is 3.51. The molecule has 2 amide bonds. The van der Waals surface area contributed by atoms with Crippen LogP contribution in [0.4, 0.5) is 11.4 Å². The summed E-state index contributed by atoms with van der Waals surface area (Å²) in [4.78, 5) is 34.5. The summed E-state index contributed by atoms with van der Waals surface area (Å²) in [6.45, 7) is 1.57. The molecular formula is C17H16BrN3O5. The molecule has 0 aliphatic rings. The Balaban J connectivity index is 2.00. The van der Waals surface area contributed by atoms with Crippen LogP contribution in [0.2, 0.25) is 0 Å². The van der Waals surface area contributed by atoms with Gasteiger partial charge in [-0.3, -0.25) is 19.7 Å². The fourth-order valence-corrected chi connectivity index (χ4v) is 2.67. The molecule has 0 radical (unpaired) electrons. The number of hydrogen-bond donors (Lipinski definition) is 2. The summed E-state index contributed by atoms with van der Waals surface area (Å²) in [6, 6.07) is 9.20. The fourth-order valence-electron chi connectivity index (χ4n) is 2.20. The summed E-state index contributed by atoms with van der Waals surface area (Å²) in [7, 11) is 1.30. The molecule has 0 saturated carbocycles. The number of amides is 2. The van der Waals surface area contributed by atoms with Gasteiger partial charge in [0, 0.05) is 21.8 Å². The lowest BCUT2D eigenvalue weighted by molar-refractivity contribution is -0.385. The lowest BCUT2D eigenvalue weighted by Gasteiger charge is -2.10. The zero-order valence-corrected chi connectivity index (χ0v) is 15.6. The summed E-state index contributed by atoms with van der Waals surface area (Å²) < 4.78 is 5.78. The van der Waals surface area contributed by atoms with Crippen LogP contribution in [0.15, 0.2) is 40.9 Å². The first kappa shape index (κ1) is 19.4. The van der Waals surface area contributed by atoms with Crippen LogP contribution in [0, 0.1) is 17.0 Å². The molecule has 0 aromatic heterocycles. The van der Waals surface area contributed by atoms with Gasteiger partial charge in [-0.2, -0.15) is 0 Å². The number of nitro benzene ring substituents is 1. The number of benzene rings is 2. The van der Waals surface area contributed by atoms with Crippen molar-refractivity contribution in [1.29, 1.82) is 0 Å². The van der Waals surface area contributed by atoms with E-state index in [1.165, 1.54) is 19.2 Å². The predicted molar refractivity (Wildman–Crippen MR) is 99.5 cm³/mol. The van der Waals surface area contributed by atoms with Crippen molar-refractivity contribution < 1.29 is 19.2 Å². The maximum atomic E-state index is 12.1. The van der Waals surface area contributed by atoms with Gasteiger partial charge in [0.2, 0.25) is 5.91 Å². The highest BCUT2D eigenvalue weighted by atomic mass is 79.9. The lowest BCUT2D eigenvalue weighted by atomic mass is 10.1. The Morgan fingerprint density at radius 2 is 1.96 bits per heavy atom. The maximum absolute atomic E-state index is 12.1. The summed E-state index contributed by atoms with van der Waals surface area (Å²) in [6.07, 6.45) is 0. The fraction of sp³-hybridized carbons (Fsp3) is 0.176. The first-order valence-electron chi connectivity index (χ1n) is 7.48. The molecule has 0 spiro atoms. The molecule has 9 heteroatoms. The van der Waals surface area contributed by atoms with Gasteiger partial charge in [-0.25, -0.2) is 0 Å². The number of ether oxygens (including phenoxy) is 1. The largest absolute Gasteiger partial charge is 0.490 e. The minimum absolute atomic E-state index is 0.0509. The van der Waals surface area contributed by atoms with Gasteiger partial charge in [-0.05, 0) is 42.8 Å².